The molecule has 1 N–H and O–H groups in total. The van der Waals surface area contributed by atoms with E-state index in [2.05, 4.69) is 55.3 Å². The average molecular weight is 236 g/mol. The number of hydrogen-bond acceptors (Lipinski definition) is 1. The summed E-state index contributed by atoms with van der Waals surface area (Å²) in [5, 5.41) is 4.07. The summed E-state index contributed by atoms with van der Waals surface area (Å²) in [4.78, 5) is 2.12. The van der Waals surface area contributed by atoms with Crippen molar-refractivity contribution in [3.8, 4) is 0 Å². The van der Waals surface area contributed by atoms with E-state index in [0.29, 0.717) is 0 Å². The molecule has 1 aromatic rings. The van der Waals surface area contributed by atoms with Crippen LogP contribution < -0.4 is 10.2 Å². The highest BCUT2D eigenvalue weighted by molar-refractivity contribution is 7.80. The molecule has 0 saturated carbocycles. The summed E-state index contributed by atoms with van der Waals surface area (Å²) < 4.78 is 0. The van der Waals surface area contributed by atoms with Crippen LogP contribution in [0.5, 0.6) is 0 Å². The Morgan fingerprint density at radius 1 is 1.38 bits per heavy atom. The van der Waals surface area contributed by atoms with Crippen molar-refractivity contribution >= 4 is 23.0 Å². The van der Waals surface area contributed by atoms with Crippen molar-refractivity contribution in [2.24, 2.45) is 0 Å². The standard InChI is InChI=1S/C13H20N2S/c1-4-9-14-13(16)15(5-2)12-8-6-7-11(3)10-12/h6-8,10H,4-5,9H2,1-3H3,(H,14,16). The van der Waals surface area contributed by atoms with Crippen molar-refractivity contribution in [2.45, 2.75) is 27.2 Å². The first kappa shape index (κ1) is 13.0. The molecule has 3 heteroatoms. The predicted octanol–water partition coefficient (Wildman–Crippen LogP) is 3.11. The molecule has 1 aromatic carbocycles. The second kappa shape index (κ2) is 6.48. The molecule has 16 heavy (non-hydrogen) atoms. The summed E-state index contributed by atoms with van der Waals surface area (Å²) >= 11 is 5.38. The quantitative estimate of drug-likeness (QED) is 0.809. The van der Waals surface area contributed by atoms with E-state index < -0.39 is 0 Å². The molecule has 0 spiro atoms. The highest BCUT2D eigenvalue weighted by Crippen LogP contribution is 2.15. The van der Waals surface area contributed by atoms with Crippen molar-refractivity contribution in [3.63, 3.8) is 0 Å². The van der Waals surface area contributed by atoms with Crippen molar-refractivity contribution in [2.75, 3.05) is 18.0 Å². The van der Waals surface area contributed by atoms with Gasteiger partial charge in [0.15, 0.2) is 5.11 Å². The van der Waals surface area contributed by atoms with Crippen LogP contribution in [-0.4, -0.2) is 18.2 Å². The molecular formula is C13H20N2S. The van der Waals surface area contributed by atoms with Gasteiger partial charge in [-0.1, -0.05) is 19.1 Å². The lowest BCUT2D eigenvalue weighted by Crippen LogP contribution is -2.40. The molecule has 0 aliphatic rings. The van der Waals surface area contributed by atoms with Gasteiger partial charge in [0.25, 0.3) is 0 Å². The Kier molecular flexibility index (Phi) is 5.26. The van der Waals surface area contributed by atoms with E-state index in [1.165, 1.54) is 5.56 Å². The van der Waals surface area contributed by atoms with Gasteiger partial charge in [0.05, 0.1) is 0 Å². The molecule has 0 amide bonds. The summed E-state index contributed by atoms with van der Waals surface area (Å²) in [5.74, 6) is 0. The number of nitrogens with one attached hydrogen (secondary N) is 1. The molecule has 0 aromatic heterocycles. The van der Waals surface area contributed by atoms with Crippen molar-refractivity contribution in [1.82, 2.24) is 5.32 Å². The second-order valence-electron chi connectivity index (χ2n) is 3.82. The fraction of sp³-hybridized carbons (Fsp3) is 0.462. The number of aryl methyl sites for hydroxylation is 1. The van der Waals surface area contributed by atoms with Crippen LogP contribution in [0.25, 0.3) is 0 Å². The molecule has 0 unspecified atom stereocenters. The van der Waals surface area contributed by atoms with Gasteiger partial charge in [-0.3, -0.25) is 0 Å². The maximum atomic E-state index is 5.38. The third-order valence-electron chi connectivity index (χ3n) is 2.40. The maximum Gasteiger partial charge on any atom is 0.173 e. The zero-order valence-electron chi connectivity index (χ0n) is 10.3. The molecule has 0 bridgehead atoms. The van der Waals surface area contributed by atoms with E-state index in [0.717, 1.165) is 30.3 Å². The van der Waals surface area contributed by atoms with E-state index in [-0.39, 0.29) is 0 Å². The van der Waals surface area contributed by atoms with Gasteiger partial charge < -0.3 is 10.2 Å². The van der Waals surface area contributed by atoms with Gasteiger partial charge in [-0.15, -0.1) is 0 Å². The Morgan fingerprint density at radius 3 is 2.69 bits per heavy atom. The molecule has 2 nitrogen and oxygen atoms in total. The van der Waals surface area contributed by atoms with Gasteiger partial charge in [-0.25, -0.2) is 0 Å². The van der Waals surface area contributed by atoms with Crippen molar-refractivity contribution < 1.29 is 0 Å². The Labute approximate surface area is 104 Å². The molecule has 0 radical (unpaired) electrons. The molecule has 0 fully saturated rings. The Hall–Kier alpha value is -1.09. The molecule has 0 saturated heterocycles. The maximum absolute atomic E-state index is 5.38. The van der Waals surface area contributed by atoms with Crippen LogP contribution in [0.1, 0.15) is 25.8 Å². The van der Waals surface area contributed by atoms with Crippen LogP contribution >= 0.6 is 12.2 Å². The lowest BCUT2D eigenvalue weighted by atomic mass is 10.2. The Morgan fingerprint density at radius 2 is 2.12 bits per heavy atom. The monoisotopic (exact) mass is 236 g/mol. The summed E-state index contributed by atoms with van der Waals surface area (Å²) in [5.41, 5.74) is 2.42. The highest BCUT2D eigenvalue weighted by atomic mass is 32.1. The van der Waals surface area contributed by atoms with E-state index >= 15 is 0 Å². The van der Waals surface area contributed by atoms with E-state index in [1.807, 2.05) is 0 Å². The highest BCUT2D eigenvalue weighted by Gasteiger charge is 2.08. The number of thiocarbonyl (C=S) groups is 1. The number of nitrogens with zero attached hydrogens (tertiary/aromatic N) is 1. The van der Waals surface area contributed by atoms with E-state index in [1.54, 1.807) is 0 Å². The minimum atomic E-state index is 0.815. The van der Waals surface area contributed by atoms with E-state index in [4.69, 9.17) is 12.2 Å². The van der Waals surface area contributed by atoms with Crippen LogP contribution in [0.3, 0.4) is 0 Å². The zero-order valence-corrected chi connectivity index (χ0v) is 11.1. The zero-order chi connectivity index (χ0) is 12.0. The molecule has 88 valence electrons. The number of rotatable bonds is 4. The van der Waals surface area contributed by atoms with Crippen molar-refractivity contribution in [1.29, 1.82) is 0 Å². The smallest absolute Gasteiger partial charge is 0.173 e. The van der Waals surface area contributed by atoms with Crippen molar-refractivity contribution in [3.05, 3.63) is 29.8 Å². The van der Waals surface area contributed by atoms with Crippen LogP contribution in [0.15, 0.2) is 24.3 Å². The fourth-order valence-corrected chi connectivity index (χ4v) is 1.90. The first-order valence-electron chi connectivity index (χ1n) is 5.81. The molecule has 0 heterocycles. The van der Waals surface area contributed by atoms with Gasteiger partial charge in [0, 0.05) is 18.8 Å². The first-order valence-corrected chi connectivity index (χ1v) is 6.21. The summed E-state index contributed by atoms with van der Waals surface area (Å²) in [6.07, 6.45) is 1.09. The van der Waals surface area contributed by atoms with Crippen LogP contribution in [-0.2, 0) is 0 Å². The van der Waals surface area contributed by atoms with Crippen LogP contribution in [0, 0.1) is 6.92 Å². The fourth-order valence-electron chi connectivity index (χ4n) is 1.57. The lowest BCUT2D eigenvalue weighted by Gasteiger charge is -2.24. The van der Waals surface area contributed by atoms with E-state index in [9.17, 15) is 0 Å². The average Bonchev–Trinajstić information content (AvgIpc) is 2.27. The Balaban J connectivity index is 2.77. The minimum Gasteiger partial charge on any atom is -0.362 e. The topological polar surface area (TPSA) is 15.3 Å². The van der Waals surface area contributed by atoms with Gasteiger partial charge in [0.2, 0.25) is 0 Å². The first-order chi connectivity index (χ1) is 7.69. The van der Waals surface area contributed by atoms with Gasteiger partial charge in [-0.05, 0) is 50.2 Å². The van der Waals surface area contributed by atoms with Crippen LogP contribution in [0.4, 0.5) is 5.69 Å². The molecule has 0 atom stereocenters. The third kappa shape index (κ3) is 3.49. The predicted molar refractivity (Wildman–Crippen MR) is 75.1 cm³/mol. The normalized spacial score (nSPS) is 9.94. The Bertz CT molecular complexity index is 350. The summed E-state index contributed by atoms with van der Waals surface area (Å²) in [6, 6.07) is 8.41. The van der Waals surface area contributed by atoms with Crippen LogP contribution in [0.2, 0.25) is 0 Å². The van der Waals surface area contributed by atoms with Gasteiger partial charge in [0.1, 0.15) is 0 Å². The molecular weight excluding hydrogens is 216 g/mol. The molecule has 0 aliphatic heterocycles. The largest absolute Gasteiger partial charge is 0.362 e. The minimum absolute atomic E-state index is 0.815. The SMILES string of the molecule is CCCNC(=S)N(CC)c1cccc(C)c1. The second-order valence-corrected chi connectivity index (χ2v) is 4.20. The molecule has 1 rings (SSSR count). The lowest BCUT2D eigenvalue weighted by molar-refractivity contribution is 0.829. The third-order valence-corrected chi connectivity index (χ3v) is 2.77. The number of anilines is 1. The summed E-state index contributed by atoms with van der Waals surface area (Å²) in [6.45, 7) is 8.17. The number of hydrogen-bond donors (Lipinski definition) is 1. The summed E-state index contributed by atoms with van der Waals surface area (Å²) in [7, 11) is 0. The molecule has 0 aliphatic carbocycles. The number of benzene rings is 1. The van der Waals surface area contributed by atoms with Gasteiger partial charge in [-0.2, -0.15) is 0 Å². The van der Waals surface area contributed by atoms with Gasteiger partial charge >= 0.3 is 0 Å².